The number of halogens is 3. The molecule has 1 aliphatic rings. The van der Waals surface area contributed by atoms with Crippen LogP contribution in [0.5, 0.6) is 0 Å². The number of Topliss-reactive ketones (excluding diaryl/α,β-unsaturated/α-hetero) is 1. The number of hydrogen-bond acceptors (Lipinski definition) is 3. The van der Waals surface area contributed by atoms with Gasteiger partial charge in [0.15, 0.2) is 17.4 Å². The second-order valence-corrected chi connectivity index (χ2v) is 8.30. The SMILES string of the molecule is CCc1cc(-c2cc(F)c(F)cc2F)ccc1C1=C(O)C(C)(CC)OC(C)(CC)C1=O. The summed E-state index contributed by atoms with van der Waals surface area (Å²) in [5.74, 6) is -3.73. The lowest BCUT2D eigenvalue weighted by molar-refractivity contribution is -0.167. The van der Waals surface area contributed by atoms with Gasteiger partial charge in [-0.2, -0.15) is 0 Å². The fourth-order valence-electron chi connectivity index (χ4n) is 3.99. The predicted molar refractivity (Wildman–Crippen MR) is 114 cm³/mol. The first kappa shape index (κ1) is 23.1. The normalized spacial score (nSPS) is 24.1. The van der Waals surface area contributed by atoms with Crippen molar-refractivity contribution >= 4 is 11.4 Å². The first-order chi connectivity index (χ1) is 14.5. The third kappa shape index (κ3) is 3.78. The van der Waals surface area contributed by atoms with E-state index in [-0.39, 0.29) is 22.7 Å². The molecule has 166 valence electrons. The second kappa shape index (κ2) is 8.15. The number of aryl methyl sites for hydroxylation is 1. The lowest BCUT2D eigenvalue weighted by atomic mass is 9.78. The van der Waals surface area contributed by atoms with Crippen molar-refractivity contribution in [1.29, 1.82) is 0 Å². The average Bonchev–Trinajstić information content (AvgIpc) is 2.75. The van der Waals surface area contributed by atoms with E-state index in [9.17, 15) is 23.1 Å². The maximum atomic E-state index is 14.3. The van der Waals surface area contributed by atoms with Crippen molar-refractivity contribution in [2.75, 3.05) is 0 Å². The molecule has 0 saturated carbocycles. The fourth-order valence-corrected chi connectivity index (χ4v) is 3.99. The zero-order valence-electron chi connectivity index (χ0n) is 18.4. The van der Waals surface area contributed by atoms with Crippen molar-refractivity contribution in [2.24, 2.45) is 0 Å². The van der Waals surface area contributed by atoms with E-state index in [2.05, 4.69) is 0 Å². The van der Waals surface area contributed by atoms with Crippen LogP contribution in [0.2, 0.25) is 0 Å². The van der Waals surface area contributed by atoms with Crippen molar-refractivity contribution in [3.05, 3.63) is 64.7 Å². The summed E-state index contributed by atoms with van der Waals surface area (Å²) in [6.07, 6.45) is 1.37. The summed E-state index contributed by atoms with van der Waals surface area (Å²) in [5, 5.41) is 11.0. The standard InChI is InChI=1S/C25H27F3O3/c1-6-14-11-15(17-12-19(27)20(28)13-18(17)26)9-10-16(14)21-22(29)24(4,7-2)31-25(5,8-3)23(21)30/h9-13,29H,6-8H2,1-5H3. The Morgan fingerprint density at radius 3 is 2.06 bits per heavy atom. The molecule has 2 atom stereocenters. The molecule has 0 aromatic heterocycles. The zero-order chi connectivity index (χ0) is 23.1. The Morgan fingerprint density at radius 2 is 1.48 bits per heavy atom. The van der Waals surface area contributed by atoms with Gasteiger partial charge in [-0.3, -0.25) is 4.79 Å². The van der Waals surface area contributed by atoms with Gasteiger partial charge in [-0.15, -0.1) is 0 Å². The number of carbonyl (C=O) groups excluding carboxylic acids is 1. The van der Waals surface area contributed by atoms with E-state index in [1.807, 2.05) is 20.8 Å². The van der Waals surface area contributed by atoms with Crippen LogP contribution in [0, 0.1) is 17.5 Å². The van der Waals surface area contributed by atoms with Crippen LogP contribution < -0.4 is 0 Å². The molecule has 2 aromatic rings. The molecule has 0 radical (unpaired) electrons. The topological polar surface area (TPSA) is 46.5 Å². The molecule has 1 aliphatic heterocycles. The Bertz CT molecular complexity index is 1080. The first-order valence-corrected chi connectivity index (χ1v) is 10.5. The van der Waals surface area contributed by atoms with Crippen LogP contribution in [-0.4, -0.2) is 22.1 Å². The number of aliphatic hydroxyl groups is 1. The van der Waals surface area contributed by atoms with Gasteiger partial charge >= 0.3 is 0 Å². The lowest BCUT2D eigenvalue weighted by Gasteiger charge is -2.43. The highest BCUT2D eigenvalue weighted by Crippen LogP contribution is 2.44. The third-order valence-corrected chi connectivity index (χ3v) is 6.32. The Balaban J connectivity index is 2.22. The van der Waals surface area contributed by atoms with E-state index in [4.69, 9.17) is 4.74 Å². The Morgan fingerprint density at radius 1 is 0.871 bits per heavy atom. The molecule has 6 heteroatoms. The minimum atomic E-state index is -1.26. The molecule has 1 heterocycles. The number of rotatable bonds is 5. The van der Waals surface area contributed by atoms with Gasteiger partial charge in [0.2, 0.25) is 0 Å². The van der Waals surface area contributed by atoms with Gasteiger partial charge in [-0.05, 0) is 55.9 Å². The van der Waals surface area contributed by atoms with Gasteiger partial charge in [0.1, 0.15) is 22.8 Å². The van der Waals surface area contributed by atoms with Crippen LogP contribution in [-0.2, 0) is 16.0 Å². The van der Waals surface area contributed by atoms with Gasteiger partial charge in [-0.25, -0.2) is 13.2 Å². The van der Waals surface area contributed by atoms with Gasteiger partial charge in [0.05, 0.1) is 5.57 Å². The van der Waals surface area contributed by atoms with Gasteiger partial charge in [0, 0.05) is 11.6 Å². The highest BCUT2D eigenvalue weighted by Gasteiger charge is 2.50. The molecule has 2 unspecified atom stereocenters. The number of hydrogen-bond donors (Lipinski definition) is 1. The third-order valence-electron chi connectivity index (χ3n) is 6.32. The zero-order valence-corrected chi connectivity index (χ0v) is 18.4. The molecule has 31 heavy (non-hydrogen) atoms. The Kier molecular flexibility index (Phi) is 6.07. The number of benzene rings is 2. The highest BCUT2D eigenvalue weighted by molar-refractivity contribution is 6.26. The fraction of sp³-hybridized carbons (Fsp3) is 0.400. The van der Waals surface area contributed by atoms with Crippen LogP contribution >= 0.6 is 0 Å². The first-order valence-electron chi connectivity index (χ1n) is 10.5. The molecular formula is C25H27F3O3. The van der Waals surface area contributed by atoms with Crippen molar-refractivity contribution in [3.8, 4) is 11.1 Å². The Labute approximate surface area is 180 Å². The number of carbonyl (C=O) groups is 1. The van der Waals surface area contributed by atoms with Crippen molar-refractivity contribution < 1.29 is 27.8 Å². The highest BCUT2D eigenvalue weighted by atomic mass is 19.2. The minimum absolute atomic E-state index is 0.0755. The molecule has 0 spiro atoms. The average molecular weight is 432 g/mol. The van der Waals surface area contributed by atoms with E-state index >= 15 is 0 Å². The summed E-state index contributed by atoms with van der Waals surface area (Å²) in [6, 6.07) is 6.13. The maximum Gasteiger partial charge on any atom is 0.198 e. The summed E-state index contributed by atoms with van der Waals surface area (Å²) >= 11 is 0. The molecule has 2 aromatic carbocycles. The molecule has 0 amide bonds. The molecular weight excluding hydrogens is 405 g/mol. The molecule has 3 rings (SSSR count). The lowest BCUT2D eigenvalue weighted by Crippen LogP contribution is -2.52. The molecule has 3 nitrogen and oxygen atoms in total. The monoisotopic (exact) mass is 432 g/mol. The van der Waals surface area contributed by atoms with Crippen LogP contribution in [0.3, 0.4) is 0 Å². The minimum Gasteiger partial charge on any atom is -0.508 e. The second-order valence-electron chi connectivity index (χ2n) is 8.30. The number of ether oxygens (including phenoxy) is 1. The number of aliphatic hydroxyl groups excluding tert-OH is 1. The van der Waals surface area contributed by atoms with Gasteiger partial charge in [-0.1, -0.05) is 39.0 Å². The van der Waals surface area contributed by atoms with E-state index in [0.29, 0.717) is 42.0 Å². The van der Waals surface area contributed by atoms with Gasteiger partial charge in [0.25, 0.3) is 0 Å². The quantitative estimate of drug-likeness (QED) is 0.546. The van der Waals surface area contributed by atoms with Crippen molar-refractivity contribution in [2.45, 2.75) is 65.1 Å². The van der Waals surface area contributed by atoms with E-state index in [1.165, 1.54) is 0 Å². The molecule has 0 bridgehead atoms. The summed E-state index contributed by atoms with van der Waals surface area (Å²) in [5.41, 5.74) is -0.447. The summed E-state index contributed by atoms with van der Waals surface area (Å²) in [7, 11) is 0. The molecule has 0 saturated heterocycles. The van der Waals surface area contributed by atoms with Crippen LogP contribution in [0.4, 0.5) is 13.2 Å². The van der Waals surface area contributed by atoms with Crippen molar-refractivity contribution in [3.63, 3.8) is 0 Å². The molecule has 0 fully saturated rings. The molecule has 1 N–H and O–H groups in total. The largest absolute Gasteiger partial charge is 0.508 e. The summed E-state index contributed by atoms with van der Waals surface area (Å²) in [6.45, 7) is 9.05. The molecule has 0 aliphatic carbocycles. The summed E-state index contributed by atoms with van der Waals surface area (Å²) in [4.78, 5) is 13.4. The van der Waals surface area contributed by atoms with E-state index in [1.54, 1.807) is 32.0 Å². The summed E-state index contributed by atoms with van der Waals surface area (Å²) < 4.78 is 47.4. The van der Waals surface area contributed by atoms with Crippen LogP contribution in [0.15, 0.2) is 36.1 Å². The van der Waals surface area contributed by atoms with E-state index < -0.39 is 28.7 Å². The predicted octanol–water partition coefficient (Wildman–Crippen LogP) is 6.54. The van der Waals surface area contributed by atoms with Crippen LogP contribution in [0.25, 0.3) is 16.7 Å². The number of ketones is 1. The van der Waals surface area contributed by atoms with Gasteiger partial charge < -0.3 is 9.84 Å². The van der Waals surface area contributed by atoms with Crippen molar-refractivity contribution in [1.82, 2.24) is 0 Å². The van der Waals surface area contributed by atoms with Crippen LogP contribution in [0.1, 0.15) is 58.6 Å². The smallest absolute Gasteiger partial charge is 0.198 e. The van der Waals surface area contributed by atoms with E-state index in [0.717, 1.165) is 6.07 Å². The Hall–Kier alpha value is -2.60. The maximum absolute atomic E-state index is 14.3.